The van der Waals surface area contributed by atoms with Crippen LogP contribution in [-0.2, 0) is 4.79 Å². The summed E-state index contributed by atoms with van der Waals surface area (Å²) >= 11 is 0. The average molecular weight is 261 g/mol. The minimum atomic E-state index is -0.232. The van der Waals surface area contributed by atoms with Gasteiger partial charge in [-0.05, 0) is 37.6 Å². The van der Waals surface area contributed by atoms with Gasteiger partial charge in [-0.2, -0.15) is 0 Å². The standard InChI is InChI=1S/C13H24N2O.ClH/c1-4-13(6-5-7-14-13)12(16)15-8-10(2)11(3)9-15;/h10-11,14H,4-9H2,1-3H3;1H. The number of nitrogens with zero attached hydrogens (tertiary/aromatic N) is 1. The van der Waals surface area contributed by atoms with E-state index in [0.717, 1.165) is 38.9 Å². The van der Waals surface area contributed by atoms with Crippen molar-refractivity contribution in [2.75, 3.05) is 19.6 Å². The van der Waals surface area contributed by atoms with E-state index in [1.807, 2.05) is 0 Å². The Labute approximate surface area is 111 Å². The van der Waals surface area contributed by atoms with Crippen LogP contribution in [0.25, 0.3) is 0 Å². The first kappa shape index (κ1) is 14.8. The smallest absolute Gasteiger partial charge is 0.242 e. The SMILES string of the molecule is CCC1(C(=O)N2CC(C)C(C)C2)CCCN1.Cl. The Morgan fingerprint density at radius 2 is 1.94 bits per heavy atom. The molecule has 0 aromatic heterocycles. The van der Waals surface area contributed by atoms with E-state index in [2.05, 4.69) is 31.0 Å². The molecule has 0 aromatic carbocycles. The summed E-state index contributed by atoms with van der Waals surface area (Å²) < 4.78 is 0. The van der Waals surface area contributed by atoms with Crippen LogP contribution in [0.2, 0.25) is 0 Å². The summed E-state index contributed by atoms with van der Waals surface area (Å²) in [5, 5.41) is 3.43. The first-order chi connectivity index (χ1) is 7.59. The molecule has 0 aromatic rings. The minimum absolute atomic E-state index is 0. The molecule has 2 fully saturated rings. The number of amides is 1. The van der Waals surface area contributed by atoms with E-state index < -0.39 is 0 Å². The number of hydrogen-bond donors (Lipinski definition) is 1. The predicted octanol–water partition coefficient (Wildman–Crippen LogP) is 2.05. The van der Waals surface area contributed by atoms with Crippen LogP contribution < -0.4 is 5.32 Å². The number of halogens is 1. The summed E-state index contributed by atoms with van der Waals surface area (Å²) in [5.74, 6) is 1.65. The summed E-state index contributed by atoms with van der Waals surface area (Å²) in [7, 11) is 0. The molecule has 2 aliphatic rings. The lowest BCUT2D eigenvalue weighted by Gasteiger charge is -2.31. The molecule has 4 heteroatoms. The average Bonchev–Trinajstić information content (AvgIpc) is 2.87. The molecule has 2 saturated heterocycles. The van der Waals surface area contributed by atoms with Crippen LogP contribution in [0.4, 0.5) is 0 Å². The van der Waals surface area contributed by atoms with Gasteiger partial charge in [-0.25, -0.2) is 0 Å². The number of hydrogen-bond acceptors (Lipinski definition) is 2. The first-order valence-electron chi connectivity index (χ1n) is 6.63. The lowest BCUT2D eigenvalue weighted by molar-refractivity contribution is -0.137. The number of carbonyl (C=O) groups is 1. The van der Waals surface area contributed by atoms with Crippen LogP contribution in [-0.4, -0.2) is 36.0 Å². The van der Waals surface area contributed by atoms with Gasteiger partial charge in [0.2, 0.25) is 5.91 Å². The highest BCUT2D eigenvalue weighted by Gasteiger charge is 2.44. The van der Waals surface area contributed by atoms with Crippen molar-refractivity contribution in [2.24, 2.45) is 11.8 Å². The Kier molecular flexibility index (Phi) is 4.85. The van der Waals surface area contributed by atoms with Crippen molar-refractivity contribution in [3.8, 4) is 0 Å². The molecule has 1 amide bonds. The van der Waals surface area contributed by atoms with Crippen molar-refractivity contribution in [3.63, 3.8) is 0 Å². The van der Waals surface area contributed by atoms with Crippen molar-refractivity contribution in [1.82, 2.24) is 10.2 Å². The maximum Gasteiger partial charge on any atom is 0.242 e. The van der Waals surface area contributed by atoms with E-state index in [9.17, 15) is 4.79 Å². The molecule has 3 nitrogen and oxygen atoms in total. The molecule has 2 heterocycles. The maximum atomic E-state index is 12.6. The topological polar surface area (TPSA) is 32.3 Å². The third-order valence-corrected chi connectivity index (χ3v) is 4.53. The number of nitrogens with one attached hydrogen (secondary N) is 1. The van der Waals surface area contributed by atoms with Crippen molar-refractivity contribution in [2.45, 2.75) is 45.6 Å². The monoisotopic (exact) mass is 260 g/mol. The van der Waals surface area contributed by atoms with E-state index in [-0.39, 0.29) is 17.9 Å². The lowest BCUT2D eigenvalue weighted by atomic mass is 9.92. The molecule has 2 rings (SSSR count). The van der Waals surface area contributed by atoms with Crippen LogP contribution in [0.5, 0.6) is 0 Å². The summed E-state index contributed by atoms with van der Waals surface area (Å²) in [6, 6.07) is 0. The molecule has 1 N–H and O–H groups in total. The highest BCUT2D eigenvalue weighted by atomic mass is 35.5. The lowest BCUT2D eigenvalue weighted by Crippen LogP contribution is -2.54. The zero-order chi connectivity index (χ0) is 11.8. The maximum absolute atomic E-state index is 12.6. The van der Waals surface area contributed by atoms with Crippen molar-refractivity contribution < 1.29 is 4.79 Å². The van der Waals surface area contributed by atoms with Crippen molar-refractivity contribution in [1.29, 1.82) is 0 Å². The molecule has 0 radical (unpaired) electrons. The fraction of sp³-hybridized carbons (Fsp3) is 0.923. The Bertz CT molecular complexity index is 267. The van der Waals surface area contributed by atoms with Crippen LogP contribution in [0.1, 0.15) is 40.0 Å². The minimum Gasteiger partial charge on any atom is -0.341 e. The van der Waals surface area contributed by atoms with E-state index in [1.54, 1.807) is 0 Å². The molecule has 100 valence electrons. The highest BCUT2D eigenvalue weighted by Crippen LogP contribution is 2.30. The van der Waals surface area contributed by atoms with Crippen LogP contribution in [0, 0.1) is 11.8 Å². The number of carbonyl (C=O) groups excluding carboxylic acids is 1. The van der Waals surface area contributed by atoms with Crippen LogP contribution >= 0.6 is 12.4 Å². The van der Waals surface area contributed by atoms with Gasteiger partial charge in [0.1, 0.15) is 0 Å². The summed E-state index contributed by atoms with van der Waals surface area (Å²) in [4.78, 5) is 14.6. The van der Waals surface area contributed by atoms with Gasteiger partial charge >= 0.3 is 0 Å². The highest BCUT2D eigenvalue weighted by molar-refractivity contribution is 5.87. The molecule has 3 atom stereocenters. The zero-order valence-electron chi connectivity index (χ0n) is 11.2. The van der Waals surface area contributed by atoms with Crippen LogP contribution in [0.3, 0.4) is 0 Å². The molecule has 0 bridgehead atoms. The molecule has 0 saturated carbocycles. The van der Waals surface area contributed by atoms with Gasteiger partial charge in [-0.1, -0.05) is 20.8 Å². The summed E-state index contributed by atoms with van der Waals surface area (Å²) in [6.07, 6.45) is 3.07. The predicted molar refractivity (Wildman–Crippen MR) is 72.4 cm³/mol. The molecular weight excluding hydrogens is 236 g/mol. The van der Waals surface area contributed by atoms with Gasteiger partial charge in [0, 0.05) is 13.1 Å². The third kappa shape index (κ3) is 2.60. The number of rotatable bonds is 2. The van der Waals surface area contributed by atoms with Gasteiger partial charge in [0.05, 0.1) is 5.54 Å². The second-order valence-electron chi connectivity index (χ2n) is 5.63. The molecular formula is C13H25ClN2O. The molecule has 17 heavy (non-hydrogen) atoms. The summed E-state index contributed by atoms with van der Waals surface area (Å²) in [5.41, 5.74) is -0.232. The molecule has 2 aliphatic heterocycles. The Morgan fingerprint density at radius 1 is 1.35 bits per heavy atom. The fourth-order valence-electron chi connectivity index (χ4n) is 3.04. The Hall–Kier alpha value is -0.280. The molecule has 0 aliphatic carbocycles. The van der Waals surface area contributed by atoms with Crippen LogP contribution in [0.15, 0.2) is 0 Å². The second-order valence-corrected chi connectivity index (χ2v) is 5.63. The first-order valence-corrected chi connectivity index (χ1v) is 6.63. The van der Waals surface area contributed by atoms with Gasteiger partial charge < -0.3 is 10.2 Å². The molecule has 3 unspecified atom stereocenters. The van der Waals surface area contributed by atoms with Crippen molar-refractivity contribution >= 4 is 18.3 Å². The normalized spacial score (nSPS) is 37.0. The van der Waals surface area contributed by atoms with Crippen molar-refractivity contribution in [3.05, 3.63) is 0 Å². The largest absolute Gasteiger partial charge is 0.341 e. The Morgan fingerprint density at radius 3 is 2.35 bits per heavy atom. The van der Waals surface area contributed by atoms with Gasteiger partial charge in [0.15, 0.2) is 0 Å². The quantitative estimate of drug-likeness (QED) is 0.824. The third-order valence-electron chi connectivity index (χ3n) is 4.53. The van der Waals surface area contributed by atoms with Gasteiger partial charge in [-0.15, -0.1) is 12.4 Å². The van der Waals surface area contributed by atoms with E-state index in [0.29, 0.717) is 17.7 Å². The second kappa shape index (κ2) is 5.57. The van der Waals surface area contributed by atoms with E-state index >= 15 is 0 Å². The van der Waals surface area contributed by atoms with Gasteiger partial charge in [-0.3, -0.25) is 4.79 Å². The number of likely N-dealkylation sites (tertiary alicyclic amines) is 1. The Balaban J connectivity index is 0.00000144. The van der Waals surface area contributed by atoms with E-state index in [1.165, 1.54) is 0 Å². The zero-order valence-corrected chi connectivity index (χ0v) is 12.0. The summed E-state index contributed by atoms with van der Waals surface area (Å²) in [6.45, 7) is 9.52. The van der Waals surface area contributed by atoms with E-state index in [4.69, 9.17) is 0 Å². The fourth-order valence-corrected chi connectivity index (χ4v) is 3.04. The molecule has 0 spiro atoms. The van der Waals surface area contributed by atoms with Gasteiger partial charge in [0.25, 0.3) is 0 Å².